The zero-order valence-corrected chi connectivity index (χ0v) is 9.65. The van der Waals surface area contributed by atoms with Crippen LogP contribution in [-0.4, -0.2) is 29.3 Å². The maximum absolute atomic E-state index is 11.4. The number of hydrogen-bond acceptors (Lipinski definition) is 4. The van der Waals surface area contributed by atoms with E-state index in [0.717, 1.165) is 38.1 Å². The van der Waals surface area contributed by atoms with Gasteiger partial charge in [-0.25, -0.2) is 0 Å². The van der Waals surface area contributed by atoms with Crippen molar-refractivity contribution >= 4 is 0 Å². The Kier molecular flexibility index (Phi) is 2.84. The number of aromatic amines is 1. The molecule has 3 rings (SSSR count). The Morgan fingerprint density at radius 1 is 1.47 bits per heavy atom. The molecule has 0 bridgehead atoms. The topological polar surface area (TPSA) is 64.2 Å². The van der Waals surface area contributed by atoms with E-state index in [-0.39, 0.29) is 11.7 Å². The summed E-state index contributed by atoms with van der Waals surface area (Å²) >= 11 is 0. The lowest BCUT2D eigenvalue weighted by Gasteiger charge is -2.10. The fourth-order valence-corrected chi connectivity index (χ4v) is 2.03. The molecule has 17 heavy (non-hydrogen) atoms. The van der Waals surface area contributed by atoms with E-state index in [0.29, 0.717) is 18.4 Å². The summed E-state index contributed by atoms with van der Waals surface area (Å²) in [6, 6.07) is 1.40. The van der Waals surface area contributed by atoms with Crippen molar-refractivity contribution in [1.29, 1.82) is 0 Å². The quantitative estimate of drug-likeness (QED) is 0.853. The first-order valence-electron chi connectivity index (χ1n) is 6.17. The molecule has 1 unspecified atom stereocenters. The van der Waals surface area contributed by atoms with Gasteiger partial charge >= 0.3 is 0 Å². The maximum Gasteiger partial charge on any atom is 0.254 e. The molecule has 1 aromatic rings. The Hall–Kier alpha value is -1.36. The van der Waals surface area contributed by atoms with Gasteiger partial charge in [-0.15, -0.1) is 0 Å². The van der Waals surface area contributed by atoms with Crippen molar-refractivity contribution in [2.24, 2.45) is 0 Å². The normalized spacial score (nSPS) is 23.9. The van der Waals surface area contributed by atoms with Crippen LogP contribution in [0.25, 0.3) is 0 Å². The maximum atomic E-state index is 11.4. The minimum absolute atomic E-state index is 0.135. The van der Waals surface area contributed by atoms with Crippen LogP contribution in [0.3, 0.4) is 0 Å². The van der Waals surface area contributed by atoms with E-state index in [4.69, 9.17) is 9.47 Å². The fraction of sp³-hybridized carbons (Fsp3) is 0.667. The lowest BCUT2D eigenvalue weighted by Crippen LogP contribution is -2.19. The molecule has 2 aliphatic rings. The van der Waals surface area contributed by atoms with Crippen molar-refractivity contribution in [2.75, 3.05) is 13.2 Å². The molecule has 92 valence electrons. The van der Waals surface area contributed by atoms with Gasteiger partial charge in [-0.05, 0) is 25.7 Å². The molecule has 1 aliphatic heterocycles. The van der Waals surface area contributed by atoms with Gasteiger partial charge in [0.15, 0.2) is 0 Å². The summed E-state index contributed by atoms with van der Waals surface area (Å²) in [4.78, 5) is 18.5. The van der Waals surface area contributed by atoms with Crippen LogP contribution in [0.15, 0.2) is 10.9 Å². The molecule has 0 aromatic carbocycles. The highest BCUT2D eigenvalue weighted by atomic mass is 16.5. The smallest absolute Gasteiger partial charge is 0.254 e. The Balaban J connectivity index is 1.66. The first-order valence-corrected chi connectivity index (χ1v) is 6.17. The van der Waals surface area contributed by atoms with Gasteiger partial charge in [0.25, 0.3) is 5.56 Å². The second kappa shape index (κ2) is 4.49. The van der Waals surface area contributed by atoms with Gasteiger partial charge in [0.2, 0.25) is 5.88 Å². The lowest BCUT2D eigenvalue weighted by atomic mass is 10.2. The number of nitrogens with one attached hydrogen (secondary N) is 1. The summed E-state index contributed by atoms with van der Waals surface area (Å²) < 4.78 is 11.0. The molecule has 1 atom stereocenters. The van der Waals surface area contributed by atoms with Crippen molar-refractivity contribution in [2.45, 2.75) is 37.7 Å². The number of ether oxygens (including phenoxy) is 2. The van der Waals surface area contributed by atoms with Gasteiger partial charge < -0.3 is 14.5 Å². The molecule has 0 radical (unpaired) electrons. The second-order valence-electron chi connectivity index (χ2n) is 4.69. The van der Waals surface area contributed by atoms with Crippen LogP contribution in [0.1, 0.15) is 37.4 Å². The van der Waals surface area contributed by atoms with E-state index in [1.165, 1.54) is 6.07 Å². The highest BCUT2D eigenvalue weighted by Gasteiger charge is 2.26. The lowest BCUT2D eigenvalue weighted by molar-refractivity contribution is 0.0661. The number of H-pyrrole nitrogens is 1. The third-order valence-corrected chi connectivity index (χ3v) is 3.14. The van der Waals surface area contributed by atoms with Crippen LogP contribution in [0.2, 0.25) is 0 Å². The first kappa shape index (κ1) is 10.8. The third kappa shape index (κ3) is 2.66. The summed E-state index contributed by atoms with van der Waals surface area (Å²) in [7, 11) is 0. The van der Waals surface area contributed by atoms with Gasteiger partial charge in [0.1, 0.15) is 12.4 Å². The molecule has 1 aliphatic carbocycles. The predicted octanol–water partition coefficient (Wildman–Crippen LogP) is 1.21. The number of aromatic nitrogens is 2. The summed E-state index contributed by atoms with van der Waals surface area (Å²) in [5, 5.41) is 0. The summed E-state index contributed by atoms with van der Waals surface area (Å²) in [5.41, 5.74) is -0.135. The second-order valence-corrected chi connectivity index (χ2v) is 4.69. The Morgan fingerprint density at radius 3 is 3.06 bits per heavy atom. The van der Waals surface area contributed by atoms with Crippen LogP contribution < -0.4 is 10.3 Å². The Labute approximate surface area is 99.2 Å². The predicted molar refractivity (Wildman–Crippen MR) is 61.3 cm³/mol. The molecule has 1 saturated heterocycles. The monoisotopic (exact) mass is 236 g/mol. The molecule has 1 N–H and O–H groups in total. The van der Waals surface area contributed by atoms with Crippen LogP contribution in [0, 0.1) is 0 Å². The van der Waals surface area contributed by atoms with Gasteiger partial charge in [0.05, 0.1) is 12.2 Å². The fourth-order valence-electron chi connectivity index (χ4n) is 2.03. The average Bonchev–Trinajstić information content (AvgIpc) is 3.04. The first-order chi connectivity index (χ1) is 8.31. The molecule has 1 saturated carbocycles. The van der Waals surface area contributed by atoms with E-state index < -0.39 is 0 Å². The van der Waals surface area contributed by atoms with E-state index >= 15 is 0 Å². The van der Waals surface area contributed by atoms with Gasteiger partial charge in [-0.3, -0.25) is 4.79 Å². The van der Waals surface area contributed by atoms with Gasteiger partial charge in [-0.1, -0.05) is 0 Å². The zero-order valence-electron chi connectivity index (χ0n) is 9.65. The van der Waals surface area contributed by atoms with Crippen LogP contribution >= 0.6 is 0 Å². The molecule has 0 amide bonds. The highest BCUT2D eigenvalue weighted by molar-refractivity contribution is 5.14. The average molecular weight is 236 g/mol. The largest absolute Gasteiger partial charge is 0.475 e. The van der Waals surface area contributed by atoms with Crippen molar-refractivity contribution < 1.29 is 9.47 Å². The molecule has 5 nitrogen and oxygen atoms in total. The summed E-state index contributed by atoms with van der Waals surface area (Å²) in [6.45, 7) is 1.30. The minimum Gasteiger partial charge on any atom is -0.475 e. The zero-order chi connectivity index (χ0) is 11.7. The number of nitrogens with zero attached hydrogens (tertiary/aromatic N) is 1. The van der Waals surface area contributed by atoms with Gasteiger partial charge in [0, 0.05) is 12.5 Å². The standard InChI is InChI=1S/C12H16N2O3/c15-10-6-11(14-12(13-10)8-3-4-8)17-7-9-2-1-5-16-9/h6,8-9H,1-5,7H2,(H,13,14,15). The van der Waals surface area contributed by atoms with E-state index in [9.17, 15) is 4.79 Å². The van der Waals surface area contributed by atoms with Crippen molar-refractivity contribution in [1.82, 2.24) is 9.97 Å². The van der Waals surface area contributed by atoms with Crippen LogP contribution in [0.5, 0.6) is 5.88 Å². The highest BCUT2D eigenvalue weighted by Crippen LogP contribution is 2.37. The van der Waals surface area contributed by atoms with E-state index in [2.05, 4.69) is 9.97 Å². The number of hydrogen-bond donors (Lipinski definition) is 1. The molecule has 2 heterocycles. The summed E-state index contributed by atoms with van der Waals surface area (Å²) in [5.74, 6) is 1.61. The van der Waals surface area contributed by atoms with Crippen LogP contribution in [0.4, 0.5) is 0 Å². The summed E-state index contributed by atoms with van der Waals surface area (Å²) in [6.07, 6.45) is 4.49. The molecule has 1 aromatic heterocycles. The van der Waals surface area contributed by atoms with Gasteiger partial charge in [-0.2, -0.15) is 4.98 Å². The SMILES string of the molecule is O=c1cc(OCC2CCCO2)nc(C2CC2)[nH]1. The van der Waals surface area contributed by atoms with E-state index in [1.807, 2.05) is 0 Å². The number of rotatable bonds is 4. The minimum atomic E-state index is -0.135. The molecule has 0 spiro atoms. The molecular formula is C12H16N2O3. The Morgan fingerprint density at radius 2 is 2.35 bits per heavy atom. The van der Waals surface area contributed by atoms with E-state index in [1.54, 1.807) is 0 Å². The van der Waals surface area contributed by atoms with Crippen molar-refractivity contribution in [3.63, 3.8) is 0 Å². The van der Waals surface area contributed by atoms with Crippen LogP contribution in [-0.2, 0) is 4.74 Å². The third-order valence-electron chi connectivity index (χ3n) is 3.14. The molecule has 5 heteroatoms. The molecule has 2 fully saturated rings. The van der Waals surface area contributed by atoms with Crippen molar-refractivity contribution in [3.8, 4) is 5.88 Å². The Bertz CT molecular complexity index is 447. The molecular weight excluding hydrogens is 220 g/mol. The van der Waals surface area contributed by atoms with Crippen molar-refractivity contribution in [3.05, 3.63) is 22.2 Å².